The van der Waals surface area contributed by atoms with Crippen molar-refractivity contribution in [3.63, 3.8) is 0 Å². The van der Waals surface area contributed by atoms with Crippen molar-refractivity contribution in [2.24, 2.45) is 5.92 Å². The summed E-state index contributed by atoms with van der Waals surface area (Å²) in [5, 5.41) is 17.2. The van der Waals surface area contributed by atoms with E-state index in [1.165, 1.54) is 45.2 Å². The van der Waals surface area contributed by atoms with Crippen LogP contribution in [0.4, 0.5) is 5.95 Å². The van der Waals surface area contributed by atoms with E-state index in [0.717, 1.165) is 0 Å². The lowest BCUT2D eigenvalue weighted by Crippen LogP contribution is -2.33. The highest BCUT2D eigenvalue weighted by atomic mass is 35.5. The van der Waals surface area contributed by atoms with Crippen LogP contribution in [0.5, 0.6) is 11.5 Å². The van der Waals surface area contributed by atoms with Crippen molar-refractivity contribution < 1.29 is 22.6 Å². The van der Waals surface area contributed by atoms with Crippen LogP contribution in [0.15, 0.2) is 30.6 Å². The molecule has 1 aliphatic carbocycles. The second-order valence-electron chi connectivity index (χ2n) is 8.42. The monoisotopic (exact) mass is 547 g/mol. The molecule has 0 radical (unpaired) electrons. The molecule has 1 fully saturated rings. The standard InChI is InChI=1S/C23H26ClN7O5S/c1-13(20(36-4)21-26-11-15(24)12-27-21)37(32,33)30-23-29-28-22(16-9-8-14(16)10-25)31(23)19-17(34-2)6-5-7-18(19)35-3/h5-7,11-14,16,20H,8-9H2,1-4H3,(H,29,30)/t13-,14-,16-,20-/m0/s1. The summed E-state index contributed by atoms with van der Waals surface area (Å²) in [5.41, 5.74) is 0.408. The number of benzene rings is 1. The van der Waals surface area contributed by atoms with Gasteiger partial charge in [0.25, 0.3) is 0 Å². The third-order valence-electron chi connectivity index (χ3n) is 6.38. The van der Waals surface area contributed by atoms with Crippen LogP contribution >= 0.6 is 11.6 Å². The molecule has 0 saturated heterocycles. The molecule has 2 aromatic heterocycles. The zero-order chi connectivity index (χ0) is 26.7. The molecule has 0 spiro atoms. The highest BCUT2D eigenvalue weighted by molar-refractivity contribution is 7.93. The lowest BCUT2D eigenvalue weighted by Gasteiger charge is -2.31. The predicted octanol–water partition coefficient (Wildman–Crippen LogP) is 3.26. The highest BCUT2D eigenvalue weighted by Crippen LogP contribution is 2.45. The third kappa shape index (κ3) is 5.04. The topological polar surface area (TPSA) is 154 Å². The largest absolute Gasteiger partial charge is 0.494 e. The van der Waals surface area contributed by atoms with Crippen molar-refractivity contribution in [2.45, 2.75) is 37.0 Å². The fourth-order valence-electron chi connectivity index (χ4n) is 4.20. The quantitative estimate of drug-likeness (QED) is 0.400. The first kappa shape index (κ1) is 26.6. The van der Waals surface area contributed by atoms with E-state index in [4.69, 9.17) is 25.8 Å². The predicted molar refractivity (Wildman–Crippen MR) is 134 cm³/mol. The maximum atomic E-state index is 13.5. The number of aromatic nitrogens is 5. The van der Waals surface area contributed by atoms with E-state index in [2.05, 4.69) is 31.0 Å². The van der Waals surface area contributed by atoms with Gasteiger partial charge >= 0.3 is 0 Å². The van der Waals surface area contributed by atoms with E-state index >= 15 is 0 Å². The van der Waals surface area contributed by atoms with Crippen molar-refractivity contribution in [2.75, 3.05) is 26.1 Å². The fourth-order valence-corrected chi connectivity index (χ4v) is 5.43. The SMILES string of the molecule is COc1cccc(OC)c1-n1c(NS(=O)(=O)[C@@H](C)[C@H](OC)c2ncc(Cl)cn2)nnc1[C@H]1CC[C@H]1C#N. The summed E-state index contributed by atoms with van der Waals surface area (Å²) in [6.07, 6.45) is 3.15. The van der Waals surface area contributed by atoms with Crippen LogP contribution in [-0.4, -0.2) is 59.7 Å². The van der Waals surface area contributed by atoms with Gasteiger partial charge in [-0.3, -0.25) is 9.29 Å². The van der Waals surface area contributed by atoms with Crippen molar-refractivity contribution in [1.29, 1.82) is 5.26 Å². The molecule has 4 atom stereocenters. The van der Waals surface area contributed by atoms with E-state index in [1.807, 2.05) is 0 Å². The minimum absolute atomic E-state index is 0.0832. The van der Waals surface area contributed by atoms with Gasteiger partial charge in [0.2, 0.25) is 16.0 Å². The molecule has 1 saturated carbocycles. The molecule has 4 rings (SSSR count). The van der Waals surface area contributed by atoms with Crippen LogP contribution < -0.4 is 14.2 Å². The van der Waals surface area contributed by atoms with Crippen LogP contribution in [0.25, 0.3) is 5.69 Å². The summed E-state index contributed by atoms with van der Waals surface area (Å²) in [5.74, 6) is 0.807. The summed E-state index contributed by atoms with van der Waals surface area (Å²) in [6.45, 7) is 1.47. The number of hydrogen-bond donors (Lipinski definition) is 1. The zero-order valence-corrected chi connectivity index (χ0v) is 22.2. The fraction of sp³-hybridized carbons (Fsp3) is 0.435. The number of hydrogen-bond acceptors (Lipinski definition) is 10. The van der Waals surface area contributed by atoms with E-state index < -0.39 is 21.4 Å². The molecule has 12 nitrogen and oxygen atoms in total. The summed E-state index contributed by atoms with van der Waals surface area (Å²) in [6, 6.07) is 7.45. The lowest BCUT2D eigenvalue weighted by molar-refractivity contribution is 0.0950. The Hall–Kier alpha value is -3.47. The van der Waals surface area contributed by atoms with Gasteiger partial charge in [-0.2, -0.15) is 5.26 Å². The molecule has 0 amide bonds. The van der Waals surface area contributed by atoms with Crippen LogP contribution in [0, 0.1) is 17.2 Å². The van der Waals surface area contributed by atoms with E-state index in [9.17, 15) is 13.7 Å². The number of para-hydroxylation sites is 1. The molecule has 0 unspecified atom stereocenters. The van der Waals surface area contributed by atoms with Crippen molar-refractivity contribution >= 4 is 27.6 Å². The first-order valence-electron chi connectivity index (χ1n) is 11.3. The number of methoxy groups -OCH3 is 3. The van der Waals surface area contributed by atoms with Crippen molar-refractivity contribution in [1.82, 2.24) is 24.7 Å². The second kappa shape index (κ2) is 10.9. The number of sulfonamides is 1. The highest BCUT2D eigenvalue weighted by Gasteiger charge is 2.39. The van der Waals surface area contributed by atoms with Crippen LogP contribution in [0.3, 0.4) is 0 Å². The first-order valence-corrected chi connectivity index (χ1v) is 13.3. The minimum Gasteiger partial charge on any atom is -0.494 e. The maximum absolute atomic E-state index is 13.5. The molecule has 3 aromatic rings. The number of nitriles is 1. The lowest BCUT2D eigenvalue weighted by atomic mass is 9.74. The van der Waals surface area contributed by atoms with Gasteiger partial charge in [0.15, 0.2) is 5.82 Å². The number of anilines is 1. The second-order valence-corrected chi connectivity index (χ2v) is 10.9. The first-order chi connectivity index (χ1) is 17.7. The molecule has 0 bridgehead atoms. The van der Waals surface area contributed by atoms with Crippen molar-refractivity contribution in [3.8, 4) is 23.3 Å². The summed E-state index contributed by atoms with van der Waals surface area (Å²) >= 11 is 5.87. The molecule has 0 aliphatic heterocycles. The van der Waals surface area contributed by atoms with E-state index in [1.54, 1.807) is 18.2 Å². The normalized spacial score (nSPS) is 18.8. The summed E-state index contributed by atoms with van der Waals surface area (Å²) < 4.78 is 47.7. The van der Waals surface area contributed by atoms with Gasteiger partial charge in [-0.25, -0.2) is 18.4 Å². The van der Waals surface area contributed by atoms with Crippen LogP contribution in [0.1, 0.15) is 43.4 Å². The zero-order valence-electron chi connectivity index (χ0n) is 20.6. The molecule has 37 heavy (non-hydrogen) atoms. The number of rotatable bonds is 10. The average molecular weight is 548 g/mol. The molecular weight excluding hydrogens is 522 g/mol. The molecule has 14 heteroatoms. The molecule has 196 valence electrons. The van der Waals surface area contributed by atoms with E-state index in [0.29, 0.717) is 40.9 Å². The summed E-state index contributed by atoms with van der Waals surface area (Å²) in [4.78, 5) is 8.22. The summed E-state index contributed by atoms with van der Waals surface area (Å²) in [7, 11) is 0.220. The van der Waals surface area contributed by atoms with Gasteiger partial charge in [-0.1, -0.05) is 17.7 Å². The Kier molecular flexibility index (Phi) is 7.82. The molecule has 1 aromatic carbocycles. The van der Waals surface area contributed by atoms with Crippen LogP contribution in [0.2, 0.25) is 5.02 Å². The van der Waals surface area contributed by atoms with Gasteiger partial charge in [-0.15, -0.1) is 10.2 Å². The molecule has 1 N–H and O–H groups in total. The Morgan fingerprint density at radius 2 is 1.78 bits per heavy atom. The van der Waals surface area contributed by atoms with E-state index in [-0.39, 0.29) is 23.6 Å². The number of nitrogens with one attached hydrogen (secondary N) is 1. The van der Waals surface area contributed by atoms with Gasteiger partial charge < -0.3 is 14.2 Å². The number of nitrogens with zero attached hydrogens (tertiary/aromatic N) is 6. The average Bonchev–Trinajstić information content (AvgIpc) is 3.25. The Bertz CT molecular complexity index is 1390. The Labute approximate surface area is 219 Å². The third-order valence-corrected chi connectivity index (χ3v) is 8.27. The van der Waals surface area contributed by atoms with Crippen LogP contribution in [-0.2, 0) is 14.8 Å². The number of ether oxygens (including phenoxy) is 3. The molecule has 1 aliphatic rings. The van der Waals surface area contributed by atoms with Gasteiger partial charge in [-0.05, 0) is 31.9 Å². The van der Waals surface area contributed by atoms with Crippen molar-refractivity contribution in [3.05, 3.63) is 47.3 Å². The van der Waals surface area contributed by atoms with Gasteiger partial charge in [0.05, 0.1) is 31.2 Å². The molecule has 2 heterocycles. The Morgan fingerprint density at radius 1 is 1.14 bits per heavy atom. The van der Waals surface area contributed by atoms with Gasteiger partial charge in [0.1, 0.15) is 34.4 Å². The maximum Gasteiger partial charge on any atom is 0.243 e. The van der Waals surface area contributed by atoms with Gasteiger partial charge in [0, 0.05) is 25.4 Å². The Balaban J connectivity index is 1.79. The Morgan fingerprint density at radius 3 is 2.30 bits per heavy atom. The smallest absolute Gasteiger partial charge is 0.243 e. The number of halogens is 1. The minimum atomic E-state index is -4.13. The molecular formula is C23H26ClN7O5S.